The van der Waals surface area contributed by atoms with E-state index in [4.69, 9.17) is 4.74 Å². The summed E-state index contributed by atoms with van der Waals surface area (Å²) in [5.41, 5.74) is 0.311. The summed E-state index contributed by atoms with van der Waals surface area (Å²) in [6, 6.07) is 5.84. The van der Waals surface area contributed by atoms with Gasteiger partial charge in [0, 0.05) is 25.1 Å². The summed E-state index contributed by atoms with van der Waals surface area (Å²) in [4.78, 5) is 26.6. The second-order valence-electron chi connectivity index (χ2n) is 8.05. The summed E-state index contributed by atoms with van der Waals surface area (Å²) in [5, 5.41) is 3.17. The first-order valence-corrected chi connectivity index (χ1v) is 10.4. The summed E-state index contributed by atoms with van der Waals surface area (Å²) < 4.78 is 19.2. The molecule has 28 heavy (non-hydrogen) atoms. The van der Waals surface area contributed by atoms with E-state index in [-0.39, 0.29) is 29.2 Å². The standard InChI is InChI=1S/C22H31FN2O3/c1-3-5-20-22(28-16(2)21(27)24-20)11-14-25(15-12-22)13-4-6-19(26)17-7-9-18(23)10-8-17/h7-10,16,20H,3-6,11-15H2,1-2H3,(H,24,27). The van der Waals surface area contributed by atoms with Gasteiger partial charge in [-0.05, 0) is 63.4 Å². The molecule has 0 radical (unpaired) electrons. The Bertz CT molecular complexity index is 684. The predicted octanol–water partition coefficient (Wildman–Crippen LogP) is 3.33. The fourth-order valence-corrected chi connectivity index (χ4v) is 4.40. The van der Waals surface area contributed by atoms with Gasteiger partial charge < -0.3 is 15.0 Å². The highest BCUT2D eigenvalue weighted by Gasteiger charge is 2.48. The molecule has 2 aliphatic rings. The molecule has 2 fully saturated rings. The summed E-state index contributed by atoms with van der Waals surface area (Å²) in [5.74, 6) is -0.273. The number of Topliss-reactive ketones (excluding diaryl/α,β-unsaturated/α-hetero) is 1. The molecule has 1 amide bonds. The fourth-order valence-electron chi connectivity index (χ4n) is 4.40. The van der Waals surface area contributed by atoms with Gasteiger partial charge >= 0.3 is 0 Å². The molecule has 0 bridgehead atoms. The van der Waals surface area contributed by atoms with Crippen LogP contribution in [0.3, 0.4) is 0 Å². The van der Waals surface area contributed by atoms with Crippen LogP contribution in [0.25, 0.3) is 0 Å². The van der Waals surface area contributed by atoms with E-state index in [1.807, 2.05) is 6.92 Å². The molecule has 2 aliphatic heterocycles. The monoisotopic (exact) mass is 390 g/mol. The Morgan fingerprint density at radius 3 is 2.61 bits per heavy atom. The average Bonchev–Trinajstić information content (AvgIpc) is 2.68. The summed E-state index contributed by atoms with van der Waals surface area (Å²) in [7, 11) is 0. The molecule has 3 rings (SSSR count). The van der Waals surface area contributed by atoms with E-state index >= 15 is 0 Å². The Morgan fingerprint density at radius 2 is 1.96 bits per heavy atom. The molecule has 0 aliphatic carbocycles. The number of likely N-dealkylation sites (tertiary alicyclic amines) is 1. The predicted molar refractivity (Wildman–Crippen MR) is 106 cm³/mol. The molecule has 1 aromatic carbocycles. The van der Waals surface area contributed by atoms with E-state index in [0.29, 0.717) is 12.0 Å². The largest absolute Gasteiger partial charge is 0.360 e. The third kappa shape index (κ3) is 4.78. The van der Waals surface area contributed by atoms with Crippen molar-refractivity contribution in [3.63, 3.8) is 0 Å². The number of nitrogens with zero attached hydrogens (tertiary/aromatic N) is 1. The molecule has 1 N–H and O–H groups in total. The molecular weight excluding hydrogens is 359 g/mol. The van der Waals surface area contributed by atoms with Crippen LogP contribution in [-0.2, 0) is 9.53 Å². The Balaban J connectivity index is 1.47. The van der Waals surface area contributed by atoms with Crippen molar-refractivity contribution in [1.29, 1.82) is 0 Å². The topological polar surface area (TPSA) is 58.6 Å². The van der Waals surface area contributed by atoms with Crippen LogP contribution >= 0.6 is 0 Å². The zero-order valence-electron chi connectivity index (χ0n) is 16.9. The number of hydrogen-bond donors (Lipinski definition) is 1. The number of rotatable bonds is 7. The third-order valence-corrected chi connectivity index (χ3v) is 6.06. The molecule has 2 saturated heterocycles. The molecule has 154 valence electrons. The van der Waals surface area contributed by atoms with Crippen molar-refractivity contribution >= 4 is 11.7 Å². The van der Waals surface area contributed by atoms with Crippen LogP contribution in [-0.4, -0.2) is 54.0 Å². The van der Waals surface area contributed by atoms with Crippen molar-refractivity contribution in [2.45, 2.75) is 70.1 Å². The molecule has 2 heterocycles. The van der Waals surface area contributed by atoms with Crippen molar-refractivity contribution in [3.8, 4) is 0 Å². The van der Waals surface area contributed by atoms with Crippen molar-refractivity contribution < 1.29 is 18.7 Å². The van der Waals surface area contributed by atoms with Gasteiger partial charge in [0.1, 0.15) is 11.9 Å². The van der Waals surface area contributed by atoms with Crippen LogP contribution in [0.15, 0.2) is 24.3 Å². The lowest BCUT2D eigenvalue weighted by atomic mass is 9.80. The van der Waals surface area contributed by atoms with Crippen molar-refractivity contribution in [1.82, 2.24) is 10.2 Å². The van der Waals surface area contributed by atoms with Gasteiger partial charge in [0.05, 0.1) is 11.6 Å². The van der Waals surface area contributed by atoms with Gasteiger partial charge in [-0.15, -0.1) is 0 Å². The second kappa shape index (κ2) is 9.14. The van der Waals surface area contributed by atoms with E-state index in [1.165, 1.54) is 12.1 Å². The minimum atomic E-state index is -0.395. The van der Waals surface area contributed by atoms with Crippen LogP contribution in [0, 0.1) is 5.82 Å². The normalized spacial score (nSPS) is 24.9. The molecular formula is C22H31FN2O3. The minimum absolute atomic E-state index is 0.00851. The molecule has 5 nitrogen and oxygen atoms in total. The second-order valence-corrected chi connectivity index (χ2v) is 8.05. The van der Waals surface area contributed by atoms with Gasteiger partial charge in [-0.1, -0.05) is 13.3 Å². The Kier molecular flexibility index (Phi) is 6.83. The van der Waals surface area contributed by atoms with Gasteiger partial charge in [-0.25, -0.2) is 4.39 Å². The number of piperidine rings is 1. The van der Waals surface area contributed by atoms with Crippen LogP contribution in [0.5, 0.6) is 0 Å². The number of ketones is 1. The van der Waals surface area contributed by atoms with Crippen molar-refractivity contribution in [3.05, 3.63) is 35.6 Å². The number of halogens is 1. The number of carbonyl (C=O) groups excluding carboxylic acids is 2. The highest BCUT2D eigenvalue weighted by atomic mass is 19.1. The summed E-state index contributed by atoms with van der Waals surface area (Å²) in [6.07, 6.45) is 4.60. The van der Waals surface area contributed by atoms with Crippen molar-refractivity contribution in [2.24, 2.45) is 0 Å². The number of benzene rings is 1. The first-order chi connectivity index (χ1) is 13.4. The quantitative estimate of drug-likeness (QED) is 0.726. The van der Waals surface area contributed by atoms with E-state index in [9.17, 15) is 14.0 Å². The fraction of sp³-hybridized carbons (Fsp3) is 0.636. The maximum absolute atomic E-state index is 13.0. The maximum Gasteiger partial charge on any atom is 0.249 e. The lowest BCUT2D eigenvalue weighted by Gasteiger charge is -2.50. The lowest BCUT2D eigenvalue weighted by Crippen LogP contribution is -2.65. The molecule has 0 saturated carbocycles. The van der Waals surface area contributed by atoms with Gasteiger partial charge in [-0.2, -0.15) is 0 Å². The molecule has 1 aromatic rings. The summed E-state index contributed by atoms with van der Waals surface area (Å²) in [6.45, 7) is 6.64. The zero-order valence-corrected chi connectivity index (χ0v) is 16.9. The number of nitrogens with one attached hydrogen (secondary N) is 1. The van der Waals surface area contributed by atoms with Crippen LogP contribution in [0.4, 0.5) is 4.39 Å². The number of carbonyl (C=O) groups is 2. The number of amides is 1. The Labute approximate surface area is 166 Å². The van der Waals surface area contributed by atoms with Crippen molar-refractivity contribution in [2.75, 3.05) is 19.6 Å². The van der Waals surface area contributed by atoms with E-state index in [0.717, 1.165) is 51.7 Å². The van der Waals surface area contributed by atoms with Gasteiger partial charge in [0.2, 0.25) is 5.91 Å². The van der Waals surface area contributed by atoms with Gasteiger partial charge in [0.15, 0.2) is 5.78 Å². The molecule has 2 unspecified atom stereocenters. The van der Waals surface area contributed by atoms with E-state index < -0.39 is 6.10 Å². The molecule has 6 heteroatoms. The van der Waals surface area contributed by atoms with Crippen LogP contribution < -0.4 is 5.32 Å². The van der Waals surface area contributed by atoms with Crippen LogP contribution in [0.2, 0.25) is 0 Å². The van der Waals surface area contributed by atoms with E-state index in [1.54, 1.807) is 12.1 Å². The zero-order chi connectivity index (χ0) is 20.1. The third-order valence-electron chi connectivity index (χ3n) is 6.06. The SMILES string of the molecule is CCCC1NC(=O)C(C)OC12CCN(CCCC(=O)c1ccc(F)cc1)CC2. The minimum Gasteiger partial charge on any atom is -0.360 e. The molecule has 0 aromatic heterocycles. The maximum atomic E-state index is 13.0. The first-order valence-electron chi connectivity index (χ1n) is 10.4. The smallest absolute Gasteiger partial charge is 0.249 e. The lowest BCUT2D eigenvalue weighted by molar-refractivity contribution is -0.181. The number of ether oxygens (including phenoxy) is 1. The highest BCUT2D eigenvalue weighted by molar-refractivity contribution is 5.95. The van der Waals surface area contributed by atoms with Crippen LogP contribution in [0.1, 0.15) is 62.7 Å². The average molecular weight is 390 g/mol. The number of hydrogen-bond acceptors (Lipinski definition) is 4. The van der Waals surface area contributed by atoms with Gasteiger partial charge in [-0.3, -0.25) is 9.59 Å². The Morgan fingerprint density at radius 1 is 1.29 bits per heavy atom. The van der Waals surface area contributed by atoms with Gasteiger partial charge in [0.25, 0.3) is 0 Å². The number of morpholine rings is 1. The van der Waals surface area contributed by atoms with E-state index in [2.05, 4.69) is 17.1 Å². The Hall–Kier alpha value is -1.79. The molecule has 1 spiro atoms. The highest BCUT2D eigenvalue weighted by Crippen LogP contribution is 2.35. The summed E-state index contributed by atoms with van der Waals surface area (Å²) >= 11 is 0. The molecule has 2 atom stereocenters. The first kappa shape index (κ1) is 20.9.